The molecule has 41 heavy (non-hydrogen) atoms. The van der Waals surface area contributed by atoms with Crippen molar-refractivity contribution in [1.82, 2.24) is 23.1 Å². The number of para-hydroxylation sites is 1. The number of hydrogen-bond donors (Lipinski definition) is 0. The number of likely N-dealkylation sites (N-methyl/N-ethyl adjacent to an activating group) is 1. The first-order valence-electron chi connectivity index (χ1n) is 15.1. The van der Waals surface area contributed by atoms with Gasteiger partial charge in [0.25, 0.3) is 0 Å². The average Bonchev–Trinajstić information content (AvgIpc) is 3.38. The first-order valence-corrected chi connectivity index (χ1v) is 16.5. The first kappa shape index (κ1) is 30.1. The van der Waals surface area contributed by atoms with Gasteiger partial charge in [0.15, 0.2) is 0 Å². The van der Waals surface area contributed by atoms with Crippen molar-refractivity contribution in [3.63, 3.8) is 0 Å². The molecule has 10 heteroatoms. The van der Waals surface area contributed by atoms with E-state index in [0.717, 1.165) is 36.8 Å². The number of piperidine rings is 1. The molecule has 0 amide bonds. The lowest BCUT2D eigenvalue weighted by Gasteiger charge is -2.31. The second-order valence-electron chi connectivity index (χ2n) is 11.5. The van der Waals surface area contributed by atoms with Crippen LogP contribution in [0.15, 0.2) is 48.8 Å². The van der Waals surface area contributed by atoms with E-state index in [1.807, 2.05) is 24.3 Å². The molecule has 0 atom stereocenters. The number of fused-ring (bicyclic) bond motifs is 1. The lowest BCUT2D eigenvalue weighted by atomic mass is 9.94. The van der Waals surface area contributed by atoms with E-state index < -0.39 is 16.2 Å². The van der Waals surface area contributed by atoms with Crippen LogP contribution in [0.25, 0.3) is 10.9 Å². The number of pyridine rings is 1. The molecular formula is C31H44FN5O3S. The summed E-state index contributed by atoms with van der Waals surface area (Å²) >= 11 is 0. The van der Waals surface area contributed by atoms with Crippen molar-refractivity contribution in [3.05, 3.63) is 65.9 Å². The molecule has 0 bridgehead atoms. The highest BCUT2D eigenvalue weighted by atomic mass is 32.2. The van der Waals surface area contributed by atoms with Crippen molar-refractivity contribution in [3.8, 4) is 0 Å². The molecule has 1 aliphatic heterocycles. The molecule has 1 aromatic carbocycles. The Labute approximate surface area is 244 Å². The Morgan fingerprint density at radius 3 is 2.41 bits per heavy atom. The molecule has 2 aromatic heterocycles. The maximum atomic E-state index is 14.6. The van der Waals surface area contributed by atoms with Gasteiger partial charge < -0.3 is 9.64 Å². The molecule has 5 rings (SSSR count). The largest absolute Gasteiger partial charge is 0.379 e. The zero-order valence-corrected chi connectivity index (χ0v) is 25.1. The van der Waals surface area contributed by atoms with Crippen LogP contribution >= 0.6 is 0 Å². The average molecular weight is 586 g/mol. The van der Waals surface area contributed by atoms with Crippen LogP contribution in [0.1, 0.15) is 62.5 Å². The lowest BCUT2D eigenvalue weighted by molar-refractivity contribution is 0.0704. The van der Waals surface area contributed by atoms with Gasteiger partial charge in [0.05, 0.1) is 18.7 Å². The standard InChI is InChI=1S/C31H44FN5O3S/c1-34(28-12-4-2-5-13-28)19-21-40-22-20-35(23-26-11-10-16-33-31(26)32)24-27-25-37(30-15-7-6-14-29(27)30)41(38,39)36-17-8-3-9-18-36/h6-7,10-11,14-16,25,28H,2-5,8-9,12-13,17-24H2,1H3. The highest BCUT2D eigenvalue weighted by Gasteiger charge is 2.28. The molecule has 8 nitrogen and oxygen atoms in total. The molecule has 1 saturated carbocycles. The second kappa shape index (κ2) is 14.2. The number of rotatable bonds is 13. The number of ether oxygens (including phenoxy) is 1. The van der Waals surface area contributed by atoms with Gasteiger partial charge in [0.2, 0.25) is 5.95 Å². The first-order chi connectivity index (χ1) is 19.9. The van der Waals surface area contributed by atoms with Crippen LogP contribution in [0.2, 0.25) is 0 Å². The fourth-order valence-corrected chi connectivity index (χ4v) is 7.83. The number of hydrogen-bond acceptors (Lipinski definition) is 6. The van der Waals surface area contributed by atoms with Crippen molar-refractivity contribution >= 4 is 21.1 Å². The molecule has 0 N–H and O–H groups in total. The molecule has 0 unspecified atom stereocenters. The zero-order chi connectivity index (χ0) is 28.7. The zero-order valence-electron chi connectivity index (χ0n) is 24.3. The summed E-state index contributed by atoms with van der Waals surface area (Å²) in [5, 5.41) is 0.889. The van der Waals surface area contributed by atoms with E-state index in [9.17, 15) is 12.8 Å². The number of nitrogens with zero attached hydrogens (tertiary/aromatic N) is 5. The van der Waals surface area contributed by atoms with Gasteiger partial charge in [-0.15, -0.1) is 0 Å². The minimum Gasteiger partial charge on any atom is -0.379 e. The Bertz CT molecular complexity index is 1370. The van der Waals surface area contributed by atoms with E-state index in [1.165, 1.54) is 42.3 Å². The molecule has 224 valence electrons. The SMILES string of the molecule is CN(CCOCCN(Cc1cccnc1F)Cc1cn(S(=O)(=O)N2CCCCC2)c2ccccc12)C1CCCCC1. The summed E-state index contributed by atoms with van der Waals surface area (Å²) in [5.74, 6) is -0.484. The smallest absolute Gasteiger partial charge is 0.307 e. The van der Waals surface area contributed by atoms with E-state index in [-0.39, 0.29) is 0 Å². The minimum absolute atomic E-state index is 0.351. The van der Waals surface area contributed by atoms with Gasteiger partial charge >= 0.3 is 10.2 Å². The topological polar surface area (TPSA) is 70.9 Å². The normalized spacial score (nSPS) is 17.7. The molecule has 3 heterocycles. The maximum Gasteiger partial charge on any atom is 0.307 e. The van der Waals surface area contributed by atoms with Crippen molar-refractivity contribution in [2.75, 3.05) is 46.4 Å². The van der Waals surface area contributed by atoms with Crippen LogP contribution in [0, 0.1) is 5.95 Å². The van der Waals surface area contributed by atoms with Gasteiger partial charge in [-0.1, -0.05) is 49.9 Å². The number of halogens is 1. The third kappa shape index (κ3) is 7.53. The van der Waals surface area contributed by atoms with E-state index >= 15 is 0 Å². The van der Waals surface area contributed by atoms with Crippen LogP contribution in [-0.2, 0) is 28.0 Å². The number of aromatic nitrogens is 2. The van der Waals surface area contributed by atoms with Gasteiger partial charge in [-0.3, -0.25) is 4.90 Å². The third-order valence-electron chi connectivity index (χ3n) is 8.61. The predicted molar refractivity (Wildman–Crippen MR) is 160 cm³/mol. The summed E-state index contributed by atoms with van der Waals surface area (Å²) in [7, 11) is -1.49. The fraction of sp³-hybridized carbons (Fsp3) is 0.581. The Hall–Kier alpha value is -2.37. The van der Waals surface area contributed by atoms with Gasteiger partial charge in [0, 0.05) is 68.7 Å². The van der Waals surface area contributed by atoms with Gasteiger partial charge in [-0.2, -0.15) is 17.1 Å². The van der Waals surface area contributed by atoms with Crippen LogP contribution < -0.4 is 0 Å². The van der Waals surface area contributed by atoms with Crippen LogP contribution in [0.4, 0.5) is 4.39 Å². The molecule has 0 spiro atoms. The molecule has 0 radical (unpaired) electrons. The van der Waals surface area contributed by atoms with Crippen molar-refractivity contribution in [2.45, 2.75) is 70.5 Å². The Kier molecular flexibility index (Phi) is 10.4. The van der Waals surface area contributed by atoms with Gasteiger partial charge in [-0.25, -0.2) is 8.96 Å². The molecular weight excluding hydrogens is 541 g/mol. The fourth-order valence-electron chi connectivity index (χ4n) is 6.20. The van der Waals surface area contributed by atoms with E-state index in [4.69, 9.17) is 4.74 Å². The molecule has 3 aromatic rings. The van der Waals surface area contributed by atoms with Crippen molar-refractivity contribution in [2.24, 2.45) is 0 Å². The highest BCUT2D eigenvalue weighted by molar-refractivity contribution is 7.87. The predicted octanol–water partition coefficient (Wildman–Crippen LogP) is 5.04. The van der Waals surface area contributed by atoms with E-state index in [0.29, 0.717) is 63.1 Å². The third-order valence-corrected chi connectivity index (χ3v) is 10.4. The maximum absolute atomic E-state index is 14.6. The Morgan fingerprint density at radius 2 is 1.63 bits per heavy atom. The summed E-state index contributed by atoms with van der Waals surface area (Å²) < 4.78 is 50.9. The number of benzene rings is 1. The quantitative estimate of drug-likeness (QED) is 0.207. The highest BCUT2D eigenvalue weighted by Crippen LogP contribution is 2.27. The van der Waals surface area contributed by atoms with Crippen LogP contribution in [0.3, 0.4) is 0 Å². The lowest BCUT2D eigenvalue weighted by Crippen LogP contribution is -2.39. The monoisotopic (exact) mass is 585 g/mol. The molecule has 2 aliphatic rings. The van der Waals surface area contributed by atoms with Crippen molar-refractivity contribution < 1.29 is 17.5 Å². The van der Waals surface area contributed by atoms with Crippen molar-refractivity contribution in [1.29, 1.82) is 0 Å². The Balaban J connectivity index is 1.30. The van der Waals surface area contributed by atoms with Crippen LogP contribution in [0.5, 0.6) is 0 Å². The molecule has 2 fully saturated rings. The summed E-state index contributed by atoms with van der Waals surface area (Å²) in [6, 6.07) is 11.8. The van der Waals surface area contributed by atoms with E-state index in [2.05, 4.69) is 21.8 Å². The molecule has 1 aliphatic carbocycles. The van der Waals surface area contributed by atoms with Crippen LogP contribution in [-0.4, -0.2) is 84.0 Å². The summed E-state index contributed by atoms with van der Waals surface area (Å²) in [5.41, 5.74) is 2.07. The summed E-state index contributed by atoms with van der Waals surface area (Å²) in [4.78, 5) is 8.36. The minimum atomic E-state index is -3.68. The van der Waals surface area contributed by atoms with E-state index in [1.54, 1.807) is 22.6 Å². The second-order valence-corrected chi connectivity index (χ2v) is 13.3. The molecule has 1 saturated heterocycles. The summed E-state index contributed by atoms with van der Waals surface area (Å²) in [6.45, 7) is 4.53. The Morgan fingerprint density at radius 1 is 0.927 bits per heavy atom. The van der Waals surface area contributed by atoms with Gasteiger partial charge in [-0.05, 0) is 50.4 Å². The summed E-state index contributed by atoms with van der Waals surface area (Å²) in [6.07, 6.45) is 12.5. The van der Waals surface area contributed by atoms with Gasteiger partial charge in [0.1, 0.15) is 0 Å².